The quantitative estimate of drug-likeness (QED) is 0.784. The average Bonchev–Trinajstić information content (AvgIpc) is 2.24. The first-order valence-electron chi connectivity index (χ1n) is 5.09. The van der Waals surface area contributed by atoms with Gasteiger partial charge in [-0.3, -0.25) is 4.79 Å². The van der Waals surface area contributed by atoms with E-state index < -0.39 is 18.5 Å². The second-order valence-corrected chi connectivity index (χ2v) is 3.59. The first-order chi connectivity index (χ1) is 7.88. The number of hydrogen-bond acceptors (Lipinski definition) is 2. The summed E-state index contributed by atoms with van der Waals surface area (Å²) in [6.07, 6.45) is -4.90. The van der Waals surface area contributed by atoms with Gasteiger partial charge in [0.2, 0.25) is 5.91 Å². The number of halogens is 3. The first-order valence-corrected chi connectivity index (χ1v) is 5.09. The highest BCUT2D eigenvalue weighted by atomic mass is 19.4. The minimum absolute atomic E-state index is 0.0150. The van der Waals surface area contributed by atoms with Crippen LogP contribution in [0.1, 0.15) is 23.2 Å². The fraction of sp³-hybridized carbons (Fsp3) is 0.364. The van der Waals surface area contributed by atoms with Gasteiger partial charge in [0.25, 0.3) is 0 Å². The molecule has 0 atom stereocenters. The highest BCUT2D eigenvalue weighted by Crippen LogP contribution is 2.21. The summed E-state index contributed by atoms with van der Waals surface area (Å²) in [6, 6.07) is 6.25. The molecule has 0 spiro atoms. The molecule has 0 aliphatic heterocycles. The summed E-state index contributed by atoms with van der Waals surface area (Å²) in [6.45, 7) is 0.232. The molecular weight excluding hydrogens is 233 g/mol. The van der Waals surface area contributed by atoms with E-state index in [2.05, 4.69) is 5.32 Å². The van der Waals surface area contributed by atoms with Gasteiger partial charge in [0, 0.05) is 24.2 Å². The van der Waals surface area contributed by atoms with Crippen molar-refractivity contribution in [2.45, 2.75) is 19.0 Å². The number of benzene rings is 1. The molecule has 1 aromatic carbocycles. The molecule has 0 aromatic heterocycles. The predicted molar refractivity (Wildman–Crippen MR) is 58.7 cm³/mol. The van der Waals surface area contributed by atoms with Crippen molar-refractivity contribution < 1.29 is 18.0 Å². The topological polar surface area (TPSA) is 55.1 Å². The van der Waals surface area contributed by atoms with Crippen molar-refractivity contribution in [3.05, 3.63) is 29.8 Å². The van der Waals surface area contributed by atoms with Crippen LogP contribution in [0.3, 0.4) is 0 Å². The van der Waals surface area contributed by atoms with Crippen LogP contribution in [-0.4, -0.2) is 18.6 Å². The van der Waals surface area contributed by atoms with E-state index in [0.29, 0.717) is 11.3 Å². The van der Waals surface area contributed by atoms with E-state index in [1.165, 1.54) is 12.1 Å². The summed E-state index contributed by atoms with van der Waals surface area (Å²) >= 11 is 0. The van der Waals surface area contributed by atoms with Gasteiger partial charge in [0.05, 0.1) is 0 Å². The van der Waals surface area contributed by atoms with E-state index in [0.717, 1.165) is 0 Å². The number of rotatable bonds is 5. The SMILES string of the molecule is NC(=O)c1ccc(NCCCC(F)(F)F)cc1. The fourth-order valence-electron chi connectivity index (χ4n) is 1.27. The van der Waals surface area contributed by atoms with Gasteiger partial charge in [-0.2, -0.15) is 13.2 Å². The lowest BCUT2D eigenvalue weighted by Crippen LogP contribution is -2.12. The number of hydrogen-bond donors (Lipinski definition) is 2. The monoisotopic (exact) mass is 246 g/mol. The average molecular weight is 246 g/mol. The molecule has 6 heteroatoms. The Kier molecular flexibility index (Phi) is 4.37. The van der Waals surface area contributed by atoms with Crippen molar-refractivity contribution in [2.24, 2.45) is 5.73 Å². The van der Waals surface area contributed by atoms with Crippen molar-refractivity contribution in [3.63, 3.8) is 0 Å². The third kappa shape index (κ3) is 5.24. The van der Waals surface area contributed by atoms with Gasteiger partial charge in [0.1, 0.15) is 0 Å². The number of alkyl halides is 3. The molecule has 0 aliphatic carbocycles. The van der Waals surface area contributed by atoms with Crippen LogP contribution in [0.15, 0.2) is 24.3 Å². The Morgan fingerprint density at radius 3 is 2.29 bits per heavy atom. The maximum absolute atomic E-state index is 11.8. The van der Waals surface area contributed by atoms with E-state index >= 15 is 0 Å². The lowest BCUT2D eigenvalue weighted by molar-refractivity contribution is -0.134. The maximum atomic E-state index is 11.8. The number of carbonyl (C=O) groups is 1. The standard InChI is InChI=1S/C11H13F3N2O/c12-11(13,14)6-1-7-16-9-4-2-8(3-5-9)10(15)17/h2-5,16H,1,6-7H2,(H2,15,17). The molecule has 1 aromatic rings. The zero-order chi connectivity index (χ0) is 12.9. The Hall–Kier alpha value is -1.72. The Morgan fingerprint density at radius 2 is 1.82 bits per heavy atom. The van der Waals surface area contributed by atoms with Crippen LogP contribution < -0.4 is 11.1 Å². The number of anilines is 1. The van der Waals surface area contributed by atoms with Crippen molar-refractivity contribution in [1.29, 1.82) is 0 Å². The van der Waals surface area contributed by atoms with Gasteiger partial charge in [-0.1, -0.05) is 0 Å². The molecule has 94 valence electrons. The van der Waals surface area contributed by atoms with E-state index in [1.807, 2.05) is 0 Å². The van der Waals surface area contributed by atoms with Crippen LogP contribution in [0, 0.1) is 0 Å². The van der Waals surface area contributed by atoms with Crippen LogP contribution in [0.2, 0.25) is 0 Å². The molecule has 0 heterocycles. The second-order valence-electron chi connectivity index (χ2n) is 3.59. The van der Waals surface area contributed by atoms with Crippen molar-refractivity contribution in [2.75, 3.05) is 11.9 Å². The molecule has 0 saturated carbocycles. The molecule has 0 aliphatic rings. The minimum atomic E-state index is -4.11. The number of nitrogens with two attached hydrogens (primary N) is 1. The molecular formula is C11H13F3N2O. The summed E-state index contributed by atoms with van der Waals surface area (Å²) in [7, 11) is 0. The minimum Gasteiger partial charge on any atom is -0.385 e. The van der Waals surface area contributed by atoms with Gasteiger partial charge >= 0.3 is 6.18 Å². The fourth-order valence-corrected chi connectivity index (χ4v) is 1.27. The molecule has 0 bridgehead atoms. The van der Waals surface area contributed by atoms with Crippen LogP contribution in [0.25, 0.3) is 0 Å². The maximum Gasteiger partial charge on any atom is 0.389 e. The Balaban J connectivity index is 2.35. The summed E-state index contributed by atoms with van der Waals surface area (Å²) in [5.74, 6) is -0.534. The summed E-state index contributed by atoms with van der Waals surface area (Å²) in [4.78, 5) is 10.8. The van der Waals surface area contributed by atoms with E-state index in [4.69, 9.17) is 5.73 Å². The van der Waals surface area contributed by atoms with Gasteiger partial charge in [-0.25, -0.2) is 0 Å². The van der Waals surface area contributed by atoms with Crippen LogP contribution >= 0.6 is 0 Å². The predicted octanol–water partition coefficient (Wildman–Crippen LogP) is 2.54. The smallest absolute Gasteiger partial charge is 0.385 e. The van der Waals surface area contributed by atoms with Gasteiger partial charge < -0.3 is 11.1 Å². The highest BCUT2D eigenvalue weighted by molar-refractivity contribution is 5.93. The zero-order valence-corrected chi connectivity index (χ0v) is 9.05. The van der Waals surface area contributed by atoms with E-state index in [9.17, 15) is 18.0 Å². The van der Waals surface area contributed by atoms with Crippen molar-refractivity contribution in [3.8, 4) is 0 Å². The molecule has 0 radical (unpaired) electrons. The lowest BCUT2D eigenvalue weighted by atomic mass is 10.2. The second kappa shape index (κ2) is 5.56. The third-order valence-electron chi connectivity index (χ3n) is 2.14. The first kappa shape index (κ1) is 13.3. The number of primary amides is 1. The number of nitrogens with one attached hydrogen (secondary N) is 1. The molecule has 0 unspecified atom stereocenters. The number of amides is 1. The van der Waals surface area contributed by atoms with Crippen molar-refractivity contribution >= 4 is 11.6 Å². The summed E-state index contributed by atoms with van der Waals surface area (Å²) in [5.41, 5.74) is 6.08. The molecule has 1 rings (SSSR count). The Labute approximate surface area is 96.8 Å². The molecule has 17 heavy (non-hydrogen) atoms. The number of carbonyl (C=O) groups excluding carboxylic acids is 1. The highest BCUT2D eigenvalue weighted by Gasteiger charge is 2.25. The molecule has 1 amide bonds. The molecule has 3 N–H and O–H groups in total. The van der Waals surface area contributed by atoms with E-state index in [-0.39, 0.29) is 13.0 Å². The molecule has 0 fully saturated rings. The lowest BCUT2D eigenvalue weighted by Gasteiger charge is -2.08. The zero-order valence-electron chi connectivity index (χ0n) is 9.05. The van der Waals surface area contributed by atoms with E-state index in [1.54, 1.807) is 12.1 Å². The van der Waals surface area contributed by atoms with Crippen molar-refractivity contribution in [1.82, 2.24) is 0 Å². The van der Waals surface area contributed by atoms with Crippen LogP contribution in [-0.2, 0) is 0 Å². The Morgan fingerprint density at radius 1 is 1.24 bits per heavy atom. The van der Waals surface area contributed by atoms with Crippen LogP contribution in [0.5, 0.6) is 0 Å². The molecule has 3 nitrogen and oxygen atoms in total. The summed E-state index contributed by atoms with van der Waals surface area (Å²) < 4.78 is 35.5. The van der Waals surface area contributed by atoms with Gasteiger partial charge in [0.15, 0.2) is 0 Å². The largest absolute Gasteiger partial charge is 0.389 e. The molecule has 0 saturated heterocycles. The van der Waals surface area contributed by atoms with Gasteiger partial charge in [-0.05, 0) is 30.7 Å². The third-order valence-corrected chi connectivity index (χ3v) is 2.14. The van der Waals surface area contributed by atoms with Gasteiger partial charge in [-0.15, -0.1) is 0 Å². The summed E-state index contributed by atoms with van der Waals surface area (Å²) in [5, 5.41) is 2.83. The Bertz CT molecular complexity index is 373. The normalized spacial score (nSPS) is 11.2. The van der Waals surface area contributed by atoms with Crippen LogP contribution in [0.4, 0.5) is 18.9 Å².